The second-order valence-electron chi connectivity index (χ2n) is 7.86. The Morgan fingerprint density at radius 3 is 1.94 bits per heavy atom. The molecule has 2 aromatic heterocycles. The predicted molar refractivity (Wildman–Crippen MR) is 120 cm³/mol. The van der Waals surface area contributed by atoms with E-state index in [-0.39, 0.29) is 25.7 Å². The third kappa shape index (κ3) is 8.88. The Kier molecular flexibility index (Phi) is 9.89. The number of carboxylic acid groups (broad SMARTS) is 1. The van der Waals surface area contributed by atoms with Crippen molar-refractivity contribution < 1.29 is 29.1 Å². The fourth-order valence-electron chi connectivity index (χ4n) is 3.03. The van der Waals surface area contributed by atoms with Gasteiger partial charge in [0.25, 0.3) is 0 Å². The molecule has 35 heavy (non-hydrogen) atoms. The van der Waals surface area contributed by atoms with Gasteiger partial charge in [-0.1, -0.05) is 0 Å². The van der Waals surface area contributed by atoms with Crippen LogP contribution in [-0.4, -0.2) is 78.8 Å². The van der Waals surface area contributed by atoms with Crippen LogP contribution in [0.3, 0.4) is 0 Å². The van der Waals surface area contributed by atoms with E-state index in [2.05, 4.69) is 35.9 Å². The molecule has 190 valence electrons. The number of amides is 4. The number of hydrogen-bond acceptors (Lipinski definition) is 8. The zero-order valence-corrected chi connectivity index (χ0v) is 19.0. The van der Waals surface area contributed by atoms with Crippen molar-refractivity contribution >= 4 is 29.6 Å². The maximum atomic E-state index is 12.9. The number of primary amides is 1. The third-order valence-electron chi connectivity index (χ3n) is 5.00. The predicted octanol–water partition coefficient (Wildman–Crippen LogP) is -2.93. The van der Waals surface area contributed by atoms with Gasteiger partial charge in [0.2, 0.25) is 23.6 Å². The molecule has 0 aliphatic heterocycles. The van der Waals surface area contributed by atoms with E-state index in [0.29, 0.717) is 11.4 Å². The molecule has 0 aliphatic carbocycles. The first-order valence-electron chi connectivity index (χ1n) is 10.7. The Morgan fingerprint density at radius 2 is 1.46 bits per heavy atom. The van der Waals surface area contributed by atoms with Gasteiger partial charge in [0.05, 0.1) is 18.7 Å². The molecule has 0 spiro atoms. The zero-order valence-electron chi connectivity index (χ0n) is 19.0. The molecule has 4 unspecified atom stereocenters. The molecule has 0 fully saturated rings. The molecule has 0 radical (unpaired) electrons. The van der Waals surface area contributed by atoms with Crippen LogP contribution in [0.5, 0.6) is 0 Å². The van der Waals surface area contributed by atoms with Crippen molar-refractivity contribution in [2.75, 3.05) is 0 Å². The summed E-state index contributed by atoms with van der Waals surface area (Å²) in [5.41, 5.74) is 11.8. The smallest absolute Gasteiger partial charge is 0.326 e. The minimum Gasteiger partial charge on any atom is -0.480 e. The van der Waals surface area contributed by atoms with Crippen molar-refractivity contribution in [3.05, 3.63) is 36.4 Å². The number of carboxylic acids is 1. The maximum absolute atomic E-state index is 12.9. The van der Waals surface area contributed by atoms with Crippen LogP contribution in [0.2, 0.25) is 0 Å². The zero-order chi connectivity index (χ0) is 26.0. The van der Waals surface area contributed by atoms with Gasteiger partial charge in [0.1, 0.15) is 18.1 Å². The second kappa shape index (κ2) is 12.8. The first-order chi connectivity index (χ1) is 16.6. The van der Waals surface area contributed by atoms with E-state index >= 15 is 0 Å². The van der Waals surface area contributed by atoms with E-state index in [1.807, 2.05) is 0 Å². The largest absolute Gasteiger partial charge is 0.480 e. The number of aliphatic carboxylic acids is 1. The first kappa shape index (κ1) is 27.0. The van der Waals surface area contributed by atoms with Gasteiger partial charge in [-0.05, 0) is 13.3 Å². The van der Waals surface area contributed by atoms with Gasteiger partial charge >= 0.3 is 5.97 Å². The molecule has 0 saturated carbocycles. The highest BCUT2D eigenvalue weighted by Gasteiger charge is 2.29. The molecule has 2 aromatic rings. The van der Waals surface area contributed by atoms with Crippen LogP contribution >= 0.6 is 0 Å². The Labute approximate surface area is 199 Å². The third-order valence-corrected chi connectivity index (χ3v) is 5.00. The van der Waals surface area contributed by atoms with Gasteiger partial charge in [-0.2, -0.15) is 0 Å². The van der Waals surface area contributed by atoms with Crippen LogP contribution < -0.4 is 27.4 Å². The normalized spacial score (nSPS) is 14.2. The number of nitrogens with zero attached hydrogens (tertiary/aromatic N) is 2. The van der Waals surface area contributed by atoms with Gasteiger partial charge in [-0.3, -0.25) is 19.2 Å². The summed E-state index contributed by atoms with van der Waals surface area (Å²) in [6.45, 7) is 1.39. The Morgan fingerprint density at radius 1 is 0.914 bits per heavy atom. The molecule has 0 aromatic carbocycles. The van der Waals surface area contributed by atoms with Crippen molar-refractivity contribution in [3.63, 3.8) is 0 Å². The molecule has 0 saturated heterocycles. The lowest BCUT2D eigenvalue weighted by molar-refractivity contribution is -0.142. The first-order valence-corrected chi connectivity index (χ1v) is 10.7. The number of aromatic nitrogens is 4. The monoisotopic (exact) mass is 491 g/mol. The lowest BCUT2D eigenvalue weighted by atomic mass is 10.1. The van der Waals surface area contributed by atoms with Gasteiger partial charge in [0, 0.05) is 43.0 Å². The number of aromatic amines is 2. The summed E-state index contributed by atoms with van der Waals surface area (Å²) in [6.07, 6.45) is 5.50. The minimum absolute atomic E-state index is 0.00721. The van der Waals surface area contributed by atoms with Crippen LogP contribution in [0, 0.1) is 0 Å². The van der Waals surface area contributed by atoms with E-state index in [1.165, 1.54) is 32.0 Å². The summed E-state index contributed by atoms with van der Waals surface area (Å²) in [7, 11) is 0. The van der Waals surface area contributed by atoms with Crippen LogP contribution in [0.15, 0.2) is 25.0 Å². The highest BCUT2D eigenvalue weighted by atomic mass is 16.4. The second-order valence-corrected chi connectivity index (χ2v) is 7.86. The standard InChI is InChI=1S/C20H29N9O6/c1-10(27-18(32)13(21)2-3-16(22)30)17(31)28-14(4-11-6-23-8-25-11)19(33)29-15(20(34)35)5-12-7-24-9-26-12/h6-10,13-15H,2-5,21H2,1H3,(H2,22,30)(H,23,25)(H,24,26)(H,27,32)(H,28,31)(H,29,33)(H,34,35). The molecule has 15 nitrogen and oxygen atoms in total. The number of nitrogens with two attached hydrogens (primary N) is 2. The number of imidazole rings is 2. The summed E-state index contributed by atoms with van der Waals surface area (Å²) in [4.78, 5) is 73.6. The van der Waals surface area contributed by atoms with Crippen molar-refractivity contribution in [2.45, 2.75) is 56.8 Å². The Balaban J connectivity index is 2.05. The number of nitrogens with one attached hydrogen (secondary N) is 5. The van der Waals surface area contributed by atoms with Crippen LogP contribution in [0.1, 0.15) is 31.2 Å². The molecule has 15 heteroatoms. The lowest BCUT2D eigenvalue weighted by Crippen LogP contribution is -2.57. The van der Waals surface area contributed by atoms with Crippen LogP contribution in [0.25, 0.3) is 0 Å². The van der Waals surface area contributed by atoms with Crippen LogP contribution in [-0.2, 0) is 36.8 Å². The quantitative estimate of drug-likeness (QED) is 0.134. The van der Waals surface area contributed by atoms with Gasteiger partial charge in [0.15, 0.2) is 0 Å². The number of carbonyl (C=O) groups excluding carboxylic acids is 4. The molecule has 4 amide bonds. The molecule has 2 rings (SSSR count). The summed E-state index contributed by atoms with van der Waals surface area (Å²) < 4.78 is 0. The number of H-pyrrole nitrogens is 2. The van der Waals surface area contributed by atoms with E-state index < -0.39 is 53.8 Å². The van der Waals surface area contributed by atoms with Crippen molar-refractivity contribution in [1.29, 1.82) is 0 Å². The molecule has 10 N–H and O–H groups in total. The molecule has 4 atom stereocenters. The average Bonchev–Trinajstić information content (AvgIpc) is 3.50. The Bertz CT molecular complexity index is 1010. The maximum Gasteiger partial charge on any atom is 0.326 e. The van der Waals surface area contributed by atoms with Crippen molar-refractivity contribution in [3.8, 4) is 0 Å². The highest BCUT2D eigenvalue weighted by Crippen LogP contribution is 2.04. The number of carbonyl (C=O) groups is 5. The highest BCUT2D eigenvalue weighted by molar-refractivity contribution is 5.94. The molecule has 2 heterocycles. The number of rotatable bonds is 14. The molecular formula is C20H29N9O6. The summed E-state index contributed by atoms with van der Waals surface area (Å²) >= 11 is 0. The van der Waals surface area contributed by atoms with Gasteiger partial charge < -0.3 is 42.5 Å². The lowest BCUT2D eigenvalue weighted by Gasteiger charge is -2.23. The summed E-state index contributed by atoms with van der Waals surface area (Å²) in [5, 5.41) is 16.9. The summed E-state index contributed by atoms with van der Waals surface area (Å²) in [5.74, 6) is -4.02. The van der Waals surface area contributed by atoms with Crippen molar-refractivity contribution in [2.24, 2.45) is 11.5 Å². The average molecular weight is 492 g/mol. The topological polar surface area (TPSA) is 251 Å². The van der Waals surface area contributed by atoms with Gasteiger partial charge in [-0.15, -0.1) is 0 Å². The van der Waals surface area contributed by atoms with E-state index in [9.17, 15) is 29.1 Å². The minimum atomic E-state index is -1.29. The molecular weight excluding hydrogens is 462 g/mol. The molecule has 0 aliphatic rings. The molecule has 0 bridgehead atoms. The van der Waals surface area contributed by atoms with E-state index in [1.54, 1.807) is 0 Å². The van der Waals surface area contributed by atoms with Crippen molar-refractivity contribution in [1.82, 2.24) is 35.9 Å². The number of hydrogen-bond donors (Lipinski definition) is 8. The fraction of sp³-hybridized carbons (Fsp3) is 0.450. The van der Waals surface area contributed by atoms with Crippen LogP contribution in [0.4, 0.5) is 0 Å². The van der Waals surface area contributed by atoms with E-state index in [0.717, 1.165) is 0 Å². The Hall–Kier alpha value is -4.27. The summed E-state index contributed by atoms with van der Waals surface area (Å²) in [6, 6.07) is -4.61. The van der Waals surface area contributed by atoms with Gasteiger partial charge in [-0.25, -0.2) is 14.8 Å². The van der Waals surface area contributed by atoms with E-state index in [4.69, 9.17) is 11.5 Å². The fourth-order valence-corrected chi connectivity index (χ4v) is 3.03. The SMILES string of the molecule is CC(NC(=O)C(N)CCC(N)=O)C(=O)NC(Cc1cnc[nH]1)C(=O)NC(Cc1cnc[nH]1)C(=O)O.